The van der Waals surface area contributed by atoms with E-state index in [2.05, 4.69) is 10.1 Å². The van der Waals surface area contributed by atoms with Gasteiger partial charge in [0.2, 0.25) is 0 Å². The van der Waals surface area contributed by atoms with E-state index >= 15 is 0 Å². The van der Waals surface area contributed by atoms with Crippen molar-refractivity contribution < 1.29 is 9.53 Å². The number of rotatable bonds is 6. The van der Waals surface area contributed by atoms with Crippen molar-refractivity contribution >= 4 is 29.3 Å². The number of halogens is 1. The Kier molecular flexibility index (Phi) is 4.92. The van der Waals surface area contributed by atoms with Gasteiger partial charge in [-0.25, -0.2) is 0 Å². The number of methoxy groups -OCH3 is 1. The highest BCUT2D eigenvalue weighted by Gasteiger charge is 2.21. The number of thioether (sulfide) groups is 1. The molecule has 1 aromatic rings. The molecule has 18 heavy (non-hydrogen) atoms. The van der Waals surface area contributed by atoms with Crippen molar-refractivity contribution in [2.24, 2.45) is 0 Å². The molecule has 1 aliphatic carbocycles. The molecule has 0 bridgehead atoms. The predicted octanol–water partition coefficient (Wildman–Crippen LogP) is 2.86. The highest BCUT2D eigenvalue weighted by Crippen LogP contribution is 2.29. The summed E-state index contributed by atoms with van der Waals surface area (Å²) < 4.78 is 4.64. The predicted molar refractivity (Wildman–Crippen MR) is 74.1 cm³/mol. The van der Waals surface area contributed by atoms with Crippen LogP contribution in [0.25, 0.3) is 0 Å². The minimum absolute atomic E-state index is 0.221. The lowest BCUT2D eigenvalue weighted by molar-refractivity contribution is -0.137. The third kappa shape index (κ3) is 3.90. The van der Waals surface area contributed by atoms with E-state index < -0.39 is 0 Å². The van der Waals surface area contributed by atoms with Crippen molar-refractivity contribution in [1.29, 1.82) is 0 Å². The van der Waals surface area contributed by atoms with E-state index in [0.717, 1.165) is 22.0 Å². The SMILES string of the molecule is COC(=O)CSc1cccc(Cl)c1CNC1CC1. The molecular formula is C13H16ClNO2S. The molecule has 2 rings (SSSR count). The number of nitrogens with one attached hydrogen (secondary N) is 1. The molecule has 0 unspecified atom stereocenters. The van der Waals surface area contributed by atoms with Crippen molar-refractivity contribution in [2.45, 2.75) is 30.3 Å². The quantitative estimate of drug-likeness (QED) is 0.644. The zero-order chi connectivity index (χ0) is 13.0. The van der Waals surface area contributed by atoms with Crippen molar-refractivity contribution in [3.8, 4) is 0 Å². The number of esters is 1. The highest BCUT2D eigenvalue weighted by atomic mass is 35.5. The Morgan fingerprint density at radius 1 is 1.56 bits per heavy atom. The Labute approximate surface area is 116 Å². The molecule has 0 radical (unpaired) electrons. The Morgan fingerprint density at radius 2 is 2.33 bits per heavy atom. The molecular weight excluding hydrogens is 270 g/mol. The largest absolute Gasteiger partial charge is 0.468 e. The lowest BCUT2D eigenvalue weighted by Crippen LogP contribution is -2.16. The summed E-state index contributed by atoms with van der Waals surface area (Å²) in [5, 5.41) is 4.19. The average Bonchev–Trinajstić information content (AvgIpc) is 3.18. The maximum Gasteiger partial charge on any atom is 0.315 e. The smallest absolute Gasteiger partial charge is 0.315 e. The fourth-order valence-electron chi connectivity index (χ4n) is 1.58. The van der Waals surface area contributed by atoms with E-state index in [0.29, 0.717) is 11.8 Å². The molecule has 0 aromatic heterocycles. The Bertz CT molecular complexity index is 435. The van der Waals surface area contributed by atoms with Crippen LogP contribution >= 0.6 is 23.4 Å². The number of carbonyl (C=O) groups excluding carboxylic acids is 1. The number of benzene rings is 1. The normalized spacial score (nSPS) is 14.6. The number of carbonyl (C=O) groups is 1. The lowest BCUT2D eigenvalue weighted by atomic mass is 10.2. The van der Waals surface area contributed by atoms with Crippen LogP contribution in [-0.2, 0) is 16.1 Å². The summed E-state index contributed by atoms with van der Waals surface area (Å²) in [4.78, 5) is 12.2. The first-order valence-corrected chi connectivity index (χ1v) is 7.27. The van der Waals surface area contributed by atoms with Gasteiger partial charge in [-0.2, -0.15) is 0 Å². The summed E-state index contributed by atoms with van der Waals surface area (Å²) in [6, 6.07) is 6.42. The van der Waals surface area contributed by atoms with Crippen LogP contribution in [0.5, 0.6) is 0 Å². The molecule has 3 nitrogen and oxygen atoms in total. The van der Waals surface area contributed by atoms with Gasteiger partial charge in [-0.1, -0.05) is 17.7 Å². The van der Waals surface area contributed by atoms with Crippen LogP contribution in [-0.4, -0.2) is 24.9 Å². The topological polar surface area (TPSA) is 38.3 Å². The molecule has 1 N–H and O–H groups in total. The van der Waals surface area contributed by atoms with Crippen LogP contribution in [0.1, 0.15) is 18.4 Å². The number of hydrogen-bond acceptors (Lipinski definition) is 4. The first-order chi connectivity index (χ1) is 8.70. The third-order valence-electron chi connectivity index (χ3n) is 2.79. The zero-order valence-corrected chi connectivity index (χ0v) is 11.8. The van der Waals surface area contributed by atoms with E-state index in [1.807, 2.05) is 18.2 Å². The number of ether oxygens (including phenoxy) is 1. The maximum atomic E-state index is 11.2. The van der Waals surface area contributed by atoms with Gasteiger partial charge in [-0.3, -0.25) is 4.79 Å². The van der Waals surface area contributed by atoms with Crippen LogP contribution in [0.15, 0.2) is 23.1 Å². The van der Waals surface area contributed by atoms with Crippen LogP contribution < -0.4 is 5.32 Å². The van der Waals surface area contributed by atoms with Crippen molar-refractivity contribution in [1.82, 2.24) is 5.32 Å². The van der Waals surface area contributed by atoms with Crippen molar-refractivity contribution in [3.63, 3.8) is 0 Å². The second kappa shape index (κ2) is 6.45. The summed E-state index contributed by atoms with van der Waals surface area (Å²) in [5.41, 5.74) is 1.07. The fraction of sp³-hybridized carbons (Fsp3) is 0.462. The minimum atomic E-state index is -0.221. The molecule has 1 fully saturated rings. The average molecular weight is 286 g/mol. The van der Waals surface area contributed by atoms with Crippen LogP contribution in [0.2, 0.25) is 5.02 Å². The molecule has 1 aromatic carbocycles. The van der Waals surface area contributed by atoms with Gasteiger partial charge in [0.15, 0.2) is 0 Å². The van der Waals surface area contributed by atoms with Crippen LogP contribution in [0, 0.1) is 0 Å². The maximum absolute atomic E-state index is 11.2. The standard InChI is InChI=1S/C13H16ClNO2S/c1-17-13(16)8-18-12-4-2-3-11(14)10(12)7-15-9-5-6-9/h2-4,9,15H,5-8H2,1H3. The van der Waals surface area contributed by atoms with Crippen LogP contribution in [0.3, 0.4) is 0 Å². The van der Waals surface area contributed by atoms with Gasteiger partial charge < -0.3 is 10.1 Å². The first-order valence-electron chi connectivity index (χ1n) is 5.91. The summed E-state index contributed by atoms with van der Waals surface area (Å²) in [6.07, 6.45) is 2.49. The van der Waals surface area contributed by atoms with E-state index in [-0.39, 0.29) is 5.97 Å². The fourth-order valence-corrected chi connectivity index (χ4v) is 2.79. The molecule has 5 heteroatoms. The highest BCUT2D eigenvalue weighted by molar-refractivity contribution is 8.00. The number of hydrogen-bond donors (Lipinski definition) is 1. The minimum Gasteiger partial charge on any atom is -0.468 e. The van der Waals surface area contributed by atoms with Gasteiger partial charge in [0.1, 0.15) is 0 Å². The van der Waals surface area contributed by atoms with Gasteiger partial charge in [0.05, 0.1) is 12.9 Å². The van der Waals surface area contributed by atoms with Gasteiger partial charge in [0, 0.05) is 22.5 Å². The lowest BCUT2D eigenvalue weighted by Gasteiger charge is -2.11. The van der Waals surface area contributed by atoms with Crippen LogP contribution in [0.4, 0.5) is 0 Å². The van der Waals surface area contributed by atoms with Gasteiger partial charge in [-0.15, -0.1) is 11.8 Å². The second-order valence-electron chi connectivity index (χ2n) is 4.24. The summed E-state index contributed by atoms with van der Waals surface area (Å²) in [7, 11) is 1.40. The van der Waals surface area contributed by atoms with Crippen molar-refractivity contribution in [3.05, 3.63) is 28.8 Å². The van der Waals surface area contributed by atoms with Crippen molar-refractivity contribution in [2.75, 3.05) is 12.9 Å². The summed E-state index contributed by atoms with van der Waals surface area (Å²) in [5.74, 6) is 0.0915. The van der Waals surface area contributed by atoms with E-state index in [1.165, 1.54) is 31.7 Å². The molecule has 0 saturated heterocycles. The molecule has 0 amide bonds. The van der Waals surface area contributed by atoms with Gasteiger partial charge in [0.25, 0.3) is 0 Å². The second-order valence-corrected chi connectivity index (χ2v) is 5.66. The summed E-state index contributed by atoms with van der Waals surface area (Å²) >= 11 is 7.68. The molecule has 0 heterocycles. The zero-order valence-electron chi connectivity index (χ0n) is 10.2. The molecule has 1 saturated carbocycles. The molecule has 1 aliphatic rings. The van der Waals surface area contributed by atoms with Gasteiger partial charge in [-0.05, 0) is 30.5 Å². The van der Waals surface area contributed by atoms with Gasteiger partial charge >= 0.3 is 5.97 Å². The molecule has 0 aliphatic heterocycles. The monoisotopic (exact) mass is 285 g/mol. The first kappa shape index (κ1) is 13.7. The third-order valence-corrected chi connectivity index (χ3v) is 4.22. The Hall–Kier alpha value is -0.710. The van der Waals surface area contributed by atoms with E-state index in [4.69, 9.17) is 11.6 Å². The Balaban J connectivity index is 2.01. The molecule has 98 valence electrons. The van der Waals surface area contributed by atoms with E-state index in [9.17, 15) is 4.79 Å². The Morgan fingerprint density at radius 3 is 3.00 bits per heavy atom. The summed E-state index contributed by atoms with van der Waals surface area (Å²) in [6.45, 7) is 0.758. The molecule has 0 atom stereocenters. The van der Waals surface area contributed by atoms with E-state index in [1.54, 1.807) is 0 Å². The molecule has 0 spiro atoms.